The molecule has 0 unspecified atom stereocenters. The second-order valence-electron chi connectivity index (χ2n) is 3.99. The summed E-state index contributed by atoms with van der Waals surface area (Å²) in [5.41, 5.74) is 0.841. The summed E-state index contributed by atoms with van der Waals surface area (Å²) in [5, 5.41) is 7.10. The molecule has 0 aliphatic carbocycles. The standard InChI is InChI=1S/C12H14ClIN4O2S/c1-3-20-11(19)6(10-15-4-5-16-10)8-7(14)9(13)18-12(17-8)21-2/h15-16H,3-5H2,1-2H3. The Kier molecular flexibility index (Phi) is 5.94. The summed E-state index contributed by atoms with van der Waals surface area (Å²) in [5.74, 6) is 0.183. The number of hydrogen-bond donors (Lipinski definition) is 2. The van der Waals surface area contributed by atoms with E-state index in [1.807, 2.05) is 28.8 Å². The number of aromatic nitrogens is 2. The highest BCUT2D eigenvalue weighted by atomic mass is 127. The monoisotopic (exact) mass is 440 g/mol. The molecule has 2 N–H and O–H groups in total. The van der Waals surface area contributed by atoms with Gasteiger partial charge in [0.25, 0.3) is 0 Å². The Morgan fingerprint density at radius 1 is 1.43 bits per heavy atom. The van der Waals surface area contributed by atoms with Crippen LogP contribution in [0.1, 0.15) is 12.6 Å². The molecular formula is C12H14ClIN4O2S. The normalized spacial score (nSPS) is 13.6. The minimum Gasteiger partial charge on any atom is -0.462 e. The third-order valence-corrected chi connectivity index (χ3v) is 4.83. The highest BCUT2D eigenvalue weighted by Gasteiger charge is 2.26. The molecular weight excluding hydrogens is 427 g/mol. The minimum atomic E-state index is -0.436. The Morgan fingerprint density at radius 2 is 2.10 bits per heavy atom. The fourth-order valence-corrected chi connectivity index (χ4v) is 2.89. The second kappa shape index (κ2) is 7.50. The van der Waals surface area contributed by atoms with Gasteiger partial charge in [-0.05, 0) is 35.8 Å². The number of nitrogens with one attached hydrogen (secondary N) is 2. The number of halogens is 2. The Bertz CT molecular complexity index is 589. The van der Waals surface area contributed by atoms with Crippen molar-refractivity contribution in [2.75, 3.05) is 26.0 Å². The highest BCUT2D eigenvalue weighted by Crippen LogP contribution is 2.29. The van der Waals surface area contributed by atoms with Crippen LogP contribution in [0.4, 0.5) is 0 Å². The summed E-state index contributed by atoms with van der Waals surface area (Å²) in [4.78, 5) is 20.9. The van der Waals surface area contributed by atoms with Gasteiger partial charge in [-0.25, -0.2) is 14.8 Å². The molecule has 2 heterocycles. The van der Waals surface area contributed by atoms with Gasteiger partial charge in [0.05, 0.1) is 10.2 Å². The molecule has 1 aromatic rings. The molecule has 1 aromatic heterocycles. The fourth-order valence-electron chi connectivity index (χ4n) is 1.79. The first-order valence-electron chi connectivity index (χ1n) is 6.25. The molecule has 6 nitrogen and oxygen atoms in total. The van der Waals surface area contributed by atoms with E-state index in [1.54, 1.807) is 6.92 Å². The van der Waals surface area contributed by atoms with Crippen LogP contribution >= 0.6 is 46.0 Å². The van der Waals surface area contributed by atoms with Gasteiger partial charge in [0, 0.05) is 13.1 Å². The van der Waals surface area contributed by atoms with Crippen molar-refractivity contribution in [2.24, 2.45) is 0 Å². The van der Waals surface area contributed by atoms with Crippen molar-refractivity contribution in [3.63, 3.8) is 0 Å². The molecule has 0 bridgehead atoms. The average molecular weight is 441 g/mol. The van der Waals surface area contributed by atoms with Crippen LogP contribution in [0, 0.1) is 3.57 Å². The molecule has 0 spiro atoms. The van der Waals surface area contributed by atoms with Gasteiger partial charge in [0.15, 0.2) is 5.16 Å². The Morgan fingerprint density at radius 3 is 2.67 bits per heavy atom. The van der Waals surface area contributed by atoms with Gasteiger partial charge in [0.2, 0.25) is 0 Å². The summed E-state index contributed by atoms with van der Waals surface area (Å²) in [6, 6.07) is 0. The lowest BCUT2D eigenvalue weighted by atomic mass is 10.2. The molecule has 0 atom stereocenters. The molecule has 1 aliphatic heterocycles. The maximum absolute atomic E-state index is 12.3. The summed E-state index contributed by atoms with van der Waals surface area (Å²) >= 11 is 9.55. The van der Waals surface area contributed by atoms with E-state index in [9.17, 15) is 4.79 Å². The van der Waals surface area contributed by atoms with Crippen LogP contribution in [-0.2, 0) is 9.53 Å². The molecule has 1 aliphatic rings. The minimum absolute atomic E-state index is 0.292. The quantitative estimate of drug-likeness (QED) is 0.185. The lowest BCUT2D eigenvalue weighted by molar-refractivity contribution is -0.136. The van der Waals surface area contributed by atoms with Gasteiger partial charge in [-0.15, -0.1) is 0 Å². The summed E-state index contributed by atoms with van der Waals surface area (Å²) in [6.07, 6.45) is 1.85. The number of ether oxygens (including phenoxy) is 1. The van der Waals surface area contributed by atoms with E-state index in [2.05, 4.69) is 20.6 Å². The van der Waals surface area contributed by atoms with E-state index in [-0.39, 0.29) is 0 Å². The predicted molar refractivity (Wildman–Crippen MR) is 91.1 cm³/mol. The first-order chi connectivity index (χ1) is 10.1. The third-order valence-electron chi connectivity index (χ3n) is 2.67. The number of rotatable bonds is 4. The van der Waals surface area contributed by atoms with Gasteiger partial charge >= 0.3 is 5.97 Å². The molecule has 0 radical (unpaired) electrons. The largest absolute Gasteiger partial charge is 0.462 e. The van der Waals surface area contributed by atoms with Gasteiger partial charge in [0.1, 0.15) is 22.2 Å². The van der Waals surface area contributed by atoms with Crippen molar-refractivity contribution in [1.29, 1.82) is 0 Å². The number of nitrogens with zero attached hydrogens (tertiary/aromatic N) is 2. The molecule has 1 fully saturated rings. The summed E-state index contributed by atoms with van der Waals surface area (Å²) in [7, 11) is 0. The topological polar surface area (TPSA) is 76.1 Å². The van der Waals surface area contributed by atoms with E-state index in [0.717, 1.165) is 13.1 Å². The second-order valence-corrected chi connectivity index (χ2v) is 6.20. The first-order valence-corrected chi connectivity index (χ1v) is 8.93. The fraction of sp³-hybridized carbons (Fsp3) is 0.417. The van der Waals surface area contributed by atoms with E-state index >= 15 is 0 Å². The van der Waals surface area contributed by atoms with E-state index in [4.69, 9.17) is 16.3 Å². The van der Waals surface area contributed by atoms with Crippen LogP contribution in [0.2, 0.25) is 5.15 Å². The van der Waals surface area contributed by atoms with Crippen LogP contribution in [0.5, 0.6) is 0 Å². The molecule has 0 amide bonds. The molecule has 21 heavy (non-hydrogen) atoms. The van der Waals surface area contributed by atoms with E-state index in [0.29, 0.717) is 37.6 Å². The van der Waals surface area contributed by atoms with Crippen molar-refractivity contribution in [2.45, 2.75) is 12.1 Å². The highest BCUT2D eigenvalue weighted by molar-refractivity contribution is 14.1. The molecule has 1 saturated heterocycles. The van der Waals surface area contributed by atoms with Gasteiger partial charge in [-0.2, -0.15) is 0 Å². The predicted octanol–water partition coefficient (Wildman–Crippen LogP) is 1.88. The van der Waals surface area contributed by atoms with Crippen LogP contribution < -0.4 is 10.6 Å². The van der Waals surface area contributed by atoms with Crippen molar-refractivity contribution < 1.29 is 9.53 Å². The maximum atomic E-state index is 12.3. The third kappa shape index (κ3) is 3.72. The van der Waals surface area contributed by atoms with E-state index < -0.39 is 5.97 Å². The van der Waals surface area contributed by atoms with Crippen molar-refractivity contribution >= 4 is 57.5 Å². The van der Waals surface area contributed by atoms with Crippen LogP contribution in [-0.4, -0.2) is 41.9 Å². The number of carbonyl (C=O) groups excluding carboxylic acids is 1. The molecule has 9 heteroatoms. The molecule has 0 saturated carbocycles. The number of thioether (sulfide) groups is 1. The summed E-state index contributed by atoms with van der Waals surface area (Å²) in [6.45, 7) is 3.54. The Labute approximate surface area is 145 Å². The SMILES string of the molecule is CCOC(=O)C(=C1NCCN1)c1nc(SC)nc(Cl)c1I. The average Bonchev–Trinajstić information content (AvgIpc) is 2.97. The van der Waals surface area contributed by atoms with Crippen LogP contribution in [0.15, 0.2) is 11.0 Å². The number of carbonyl (C=O) groups is 1. The lowest BCUT2D eigenvalue weighted by Crippen LogP contribution is -2.21. The number of hydrogen-bond acceptors (Lipinski definition) is 7. The first kappa shape index (κ1) is 16.6. The number of esters is 1. The lowest BCUT2D eigenvalue weighted by Gasteiger charge is -2.13. The molecule has 0 aromatic carbocycles. The van der Waals surface area contributed by atoms with Crippen LogP contribution in [0.25, 0.3) is 5.57 Å². The maximum Gasteiger partial charge on any atom is 0.344 e. The van der Waals surface area contributed by atoms with Crippen molar-refractivity contribution in [3.8, 4) is 0 Å². The Balaban J connectivity index is 2.59. The summed E-state index contributed by atoms with van der Waals surface area (Å²) < 4.78 is 5.77. The molecule has 114 valence electrons. The zero-order valence-corrected chi connectivity index (χ0v) is 15.2. The smallest absolute Gasteiger partial charge is 0.344 e. The molecule has 2 rings (SSSR count). The van der Waals surface area contributed by atoms with Crippen LogP contribution in [0.3, 0.4) is 0 Å². The van der Waals surface area contributed by atoms with Gasteiger partial charge in [-0.1, -0.05) is 23.4 Å². The zero-order chi connectivity index (χ0) is 15.4. The van der Waals surface area contributed by atoms with Gasteiger partial charge < -0.3 is 15.4 Å². The van der Waals surface area contributed by atoms with Gasteiger partial charge in [-0.3, -0.25) is 0 Å². The Hall–Kier alpha value is -0.740. The van der Waals surface area contributed by atoms with Crippen molar-refractivity contribution in [3.05, 3.63) is 20.2 Å². The van der Waals surface area contributed by atoms with Crippen molar-refractivity contribution in [1.82, 2.24) is 20.6 Å². The zero-order valence-electron chi connectivity index (χ0n) is 11.5. The van der Waals surface area contributed by atoms with E-state index in [1.165, 1.54) is 11.8 Å².